The van der Waals surface area contributed by atoms with E-state index in [9.17, 15) is 8.78 Å². The lowest BCUT2D eigenvalue weighted by Gasteiger charge is -2.19. The molecule has 0 heterocycles. The van der Waals surface area contributed by atoms with Crippen LogP contribution in [0.1, 0.15) is 30.5 Å². The molecule has 0 saturated heterocycles. The van der Waals surface area contributed by atoms with Gasteiger partial charge in [-0.05, 0) is 36.8 Å². The fraction of sp³-hybridized carbons (Fsp3) is 0.200. The van der Waals surface area contributed by atoms with Gasteiger partial charge in [0.2, 0.25) is 0 Å². The quantitative estimate of drug-likeness (QED) is 0.776. The van der Waals surface area contributed by atoms with Crippen LogP contribution >= 0.6 is 11.6 Å². The van der Waals surface area contributed by atoms with Gasteiger partial charge in [0.1, 0.15) is 0 Å². The molecule has 1 unspecified atom stereocenters. The fourth-order valence-electron chi connectivity index (χ4n) is 2.03. The molecule has 2 aromatic carbocycles. The predicted octanol–water partition coefficient (Wildman–Crippen LogP) is 5.03. The standard InChI is InChI=1S/C15H15ClF2N2/c1-9(11-4-2-3-5-13(11)16)20-14-7-6-10(19)8-12(14)15(17)18/h2-9,15,20H,19H2,1H3. The summed E-state index contributed by atoms with van der Waals surface area (Å²) in [6.07, 6.45) is -2.58. The summed E-state index contributed by atoms with van der Waals surface area (Å²) < 4.78 is 26.0. The number of alkyl halides is 2. The summed E-state index contributed by atoms with van der Waals surface area (Å²) in [4.78, 5) is 0. The van der Waals surface area contributed by atoms with Crippen molar-refractivity contribution in [1.82, 2.24) is 0 Å². The Labute approximate surface area is 121 Å². The maximum Gasteiger partial charge on any atom is 0.265 e. The number of hydrogen-bond acceptors (Lipinski definition) is 2. The first kappa shape index (κ1) is 14.6. The largest absolute Gasteiger partial charge is 0.399 e. The third kappa shape index (κ3) is 3.20. The van der Waals surface area contributed by atoms with Gasteiger partial charge in [-0.1, -0.05) is 29.8 Å². The highest BCUT2D eigenvalue weighted by Gasteiger charge is 2.16. The van der Waals surface area contributed by atoms with Crippen LogP contribution in [0.25, 0.3) is 0 Å². The first-order chi connectivity index (χ1) is 9.49. The molecule has 5 heteroatoms. The van der Waals surface area contributed by atoms with Gasteiger partial charge < -0.3 is 11.1 Å². The minimum absolute atomic E-state index is 0.107. The van der Waals surface area contributed by atoms with Crippen molar-refractivity contribution >= 4 is 23.0 Å². The van der Waals surface area contributed by atoms with Crippen LogP contribution in [-0.2, 0) is 0 Å². The highest BCUT2D eigenvalue weighted by molar-refractivity contribution is 6.31. The zero-order valence-corrected chi connectivity index (χ0v) is 11.7. The molecule has 2 rings (SSSR count). The van der Waals surface area contributed by atoms with Gasteiger partial charge in [-0.15, -0.1) is 0 Å². The van der Waals surface area contributed by atoms with Crippen LogP contribution in [0.2, 0.25) is 5.02 Å². The van der Waals surface area contributed by atoms with Crippen LogP contribution in [0, 0.1) is 0 Å². The number of benzene rings is 2. The highest BCUT2D eigenvalue weighted by Crippen LogP contribution is 2.32. The number of anilines is 2. The van der Waals surface area contributed by atoms with Crippen LogP contribution < -0.4 is 11.1 Å². The van der Waals surface area contributed by atoms with Gasteiger partial charge in [-0.25, -0.2) is 8.78 Å². The third-order valence-corrected chi connectivity index (χ3v) is 3.40. The molecule has 0 saturated carbocycles. The molecule has 0 aliphatic rings. The third-order valence-electron chi connectivity index (χ3n) is 3.05. The minimum atomic E-state index is -2.58. The smallest absolute Gasteiger partial charge is 0.265 e. The number of hydrogen-bond donors (Lipinski definition) is 2. The van der Waals surface area contributed by atoms with Crippen molar-refractivity contribution in [2.45, 2.75) is 19.4 Å². The first-order valence-electron chi connectivity index (χ1n) is 6.17. The topological polar surface area (TPSA) is 38.0 Å². The van der Waals surface area contributed by atoms with E-state index >= 15 is 0 Å². The zero-order valence-electron chi connectivity index (χ0n) is 10.9. The predicted molar refractivity (Wildman–Crippen MR) is 79.3 cm³/mol. The van der Waals surface area contributed by atoms with Gasteiger partial charge in [0.05, 0.1) is 6.04 Å². The molecule has 0 aromatic heterocycles. The lowest BCUT2D eigenvalue weighted by molar-refractivity contribution is 0.152. The van der Waals surface area contributed by atoms with Gasteiger partial charge in [0.15, 0.2) is 0 Å². The van der Waals surface area contributed by atoms with Crippen LogP contribution in [0.15, 0.2) is 42.5 Å². The van der Waals surface area contributed by atoms with Gasteiger partial charge in [0, 0.05) is 22.0 Å². The Morgan fingerprint density at radius 2 is 1.80 bits per heavy atom. The Bertz CT molecular complexity index is 602. The highest BCUT2D eigenvalue weighted by atomic mass is 35.5. The molecule has 0 fully saturated rings. The number of halogens is 3. The zero-order chi connectivity index (χ0) is 14.7. The van der Waals surface area contributed by atoms with E-state index in [0.29, 0.717) is 16.4 Å². The van der Waals surface area contributed by atoms with Gasteiger partial charge >= 0.3 is 0 Å². The van der Waals surface area contributed by atoms with Crippen molar-refractivity contribution in [3.05, 3.63) is 58.6 Å². The number of nitrogens with two attached hydrogens (primary N) is 1. The molecule has 0 aliphatic carbocycles. The molecular weight excluding hydrogens is 282 g/mol. The van der Waals surface area contributed by atoms with E-state index < -0.39 is 6.43 Å². The Morgan fingerprint density at radius 1 is 1.10 bits per heavy atom. The summed E-state index contributed by atoms with van der Waals surface area (Å²) in [5.74, 6) is 0. The number of nitrogens with one attached hydrogen (secondary N) is 1. The fourth-order valence-corrected chi connectivity index (χ4v) is 2.33. The Morgan fingerprint density at radius 3 is 2.45 bits per heavy atom. The van der Waals surface area contributed by atoms with Crippen molar-refractivity contribution in [1.29, 1.82) is 0 Å². The summed E-state index contributed by atoms with van der Waals surface area (Å²) in [7, 11) is 0. The molecule has 1 atom stereocenters. The first-order valence-corrected chi connectivity index (χ1v) is 6.55. The Kier molecular flexibility index (Phi) is 4.45. The van der Waals surface area contributed by atoms with E-state index in [1.54, 1.807) is 18.2 Å². The number of nitrogen functional groups attached to an aromatic ring is 1. The molecule has 2 aromatic rings. The monoisotopic (exact) mass is 296 g/mol. The van der Waals surface area contributed by atoms with Crippen molar-refractivity contribution in [3.8, 4) is 0 Å². The molecule has 0 spiro atoms. The van der Waals surface area contributed by atoms with E-state index in [0.717, 1.165) is 5.56 Å². The van der Waals surface area contributed by atoms with Crippen LogP contribution in [0.3, 0.4) is 0 Å². The molecule has 0 bridgehead atoms. The molecule has 0 aliphatic heterocycles. The molecular formula is C15H15ClF2N2. The summed E-state index contributed by atoms with van der Waals surface area (Å²) in [5, 5.41) is 3.65. The van der Waals surface area contributed by atoms with Crippen molar-refractivity contribution in [3.63, 3.8) is 0 Å². The van der Waals surface area contributed by atoms with Crippen molar-refractivity contribution in [2.24, 2.45) is 0 Å². The van der Waals surface area contributed by atoms with Crippen LogP contribution in [-0.4, -0.2) is 0 Å². The second kappa shape index (κ2) is 6.09. The second-order valence-corrected chi connectivity index (χ2v) is 4.94. The Hall–Kier alpha value is -1.81. The molecule has 20 heavy (non-hydrogen) atoms. The maximum atomic E-state index is 13.0. The van der Waals surface area contributed by atoms with Crippen molar-refractivity contribution in [2.75, 3.05) is 11.1 Å². The molecule has 3 N–H and O–H groups in total. The molecule has 0 radical (unpaired) electrons. The van der Waals surface area contributed by atoms with E-state index in [2.05, 4.69) is 5.32 Å². The summed E-state index contributed by atoms with van der Waals surface area (Å²) in [6.45, 7) is 1.87. The Balaban J connectivity index is 2.28. The average Bonchev–Trinajstić information content (AvgIpc) is 2.41. The van der Waals surface area contributed by atoms with E-state index in [1.807, 2.05) is 25.1 Å². The summed E-state index contributed by atoms with van der Waals surface area (Å²) in [5.41, 5.74) is 6.97. The molecule has 0 amide bonds. The average molecular weight is 297 g/mol. The van der Waals surface area contributed by atoms with Crippen molar-refractivity contribution < 1.29 is 8.78 Å². The number of rotatable bonds is 4. The maximum absolute atomic E-state index is 13.0. The van der Waals surface area contributed by atoms with Gasteiger partial charge in [0.25, 0.3) is 6.43 Å². The molecule has 106 valence electrons. The van der Waals surface area contributed by atoms with E-state index in [4.69, 9.17) is 17.3 Å². The van der Waals surface area contributed by atoms with Crippen LogP contribution in [0.4, 0.5) is 20.2 Å². The lowest BCUT2D eigenvalue weighted by Crippen LogP contribution is -2.09. The minimum Gasteiger partial charge on any atom is -0.399 e. The second-order valence-electron chi connectivity index (χ2n) is 4.53. The SMILES string of the molecule is CC(Nc1ccc(N)cc1C(F)F)c1ccccc1Cl. The van der Waals surface area contributed by atoms with Gasteiger partial charge in [-0.2, -0.15) is 0 Å². The summed E-state index contributed by atoms with van der Waals surface area (Å²) >= 11 is 6.10. The van der Waals surface area contributed by atoms with Crippen LogP contribution in [0.5, 0.6) is 0 Å². The lowest BCUT2D eigenvalue weighted by atomic mass is 10.1. The normalized spacial score (nSPS) is 12.4. The summed E-state index contributed by atoms with van der Waals surface area (Å²) in [6, 6.07) is 11.6. The van der Waals surface area contributed by atoms with E-state index in [1.165, 1.54) is 6.07 Å². The molecule has 2 nitrogen and oxygen atoms in total. The van der Waals surface area contributed by atoms with E-state index in [-0.39, 0.29) is 11.6 Å². The van der Waals surface area contributed by atoms with Gasteiger partial charge in [-0.3, -0.25) is 0 Å².